The van der Waals surface area contributed by atoms with Crippen LogP contribution in [0.3, 0.4) is 0 Å². The van der Waals surface area contributed by atoms with Crippen molar-refractivity contribution in [2.75, 3.05) is 0 Å². The van der Waals surface area contributed by atoms with Crippen molar-refractivity contribution >= 4 is 32.7 Å². The molecule has 0 saturated heterocycles. The highest BCUT2D eigenvalue weighted by Crippen LogP contribution is 2.54. The molecule has 4 heterocycles. The van der Waals surface area contributed by atoms with Crippen LogP contribution in [-0.2, 0) is 5.41 Å². The van der Waals surface area contributed by atoms with Crippen molar-refractivity contribution in [2.45, 2.75) is 11.8 Å². The normalized spacial score (nSPS) is 15.5. The summed E-state index contributed by atoms with van der Waals surface area (Å²) in [5, 5.41) is 3.23. The van der Waals surface area contributed by atoms with E-state index in [4.69, 9.17) is 29.7 Å². The second-order valence-corrected chi connectivity index (χ2v) is 15.3. The minimum Gasteiger partial charge on any atom is -0.460 e. The molecule has 1 unspecified atom stereocenters. The highest BCUT2D eigenvalue weighted by atomic mass is 16.5. The molecule has 0 saturated carbocycles. The number of fused-ring (bicyclic) bond motifs is 7. The fourth-order valence-corrected chi connectivity index (χ4v) is 8.93. The SMILES string of the molecule is C1=CCC2(c3nc(-c4ccccc4)c4ccccc4n3)C(=C1)Oc1ccc(-c3ccc4c(c3)c3ccccc3n4-c3nc(-c4ccccc4)nc(-c4ccccc4)n3)cc12. The Morgan fingerprint density at radius 1 is 0.483 bits per heavy atom. The van der Waals surface area contributed by atoms with E-state index in [0.717, 1.165) is 89.1 Å². The molecular weight excluding hydrogens is 737 g/mol. The van der Waals surface area contributed by atoms with Crippen LogP contribution in [0.2, 0.25) is 0 Å². The molecule has 12 rings (SSSR count). The van der Waals surface area contributed by atoms with E-state index in [1.165, 1.54) is 0 Å². The van der Waals surface area contributed by atoms with Gasteiger partial charge >= 0.3 is 0 Å². The summed E-state index contributed by atoms with van der Waals surface area (Å²) in [6.45, 7) is 0. The Morgan fingerprint density at radius 3 is 1.85 bits per heavy atom. The zero-order valence-corrected chi connectivity index (χ0v) is 32.3. The first-order valence-electron chi connectivity index (χ1n) is 20.1. The van der Waals surface area contributed by atoms with Gasteiger partial charge in [-0.15, -0.1) is 0 Å². The number of para-hydroxylation sites is 2. The number of aromatic nitrogens is 6. The summed E-state index contributed by atoms with van der Waals surface area (Å²) in [6, 6.07) is 60.5. The third-order valence-corrected chi connectivity index (χ3v) is 11.8. The highest BCUT2D eigenvalue weighted by molar-refractivity contribution is 6.10. The standard InChI is InChI=1S/C53H34N6O/c1-4-16-34(17-5-1)48-40-23-10-12-24-43(40)54-51(55-48)53-31-15-14-26-47(53)60-46-30-28-38(33-42(46)53)37-27-29-45-41(32-37)39-22-11-13-25-44(39)59(45)52-57-49(35-18-6-2-7-19-35)56-50(58-52)36-20-8-3-9-21-36/h1-30,32-33H,31H2. The fourth-order valence-electron chi connectivity index (χ4n) is 8.93. The summed E-state index contributed by atoms with van der Waals surface area (Å²) in [4.78, 5) is 25.9. The molecule has 0 N–H and O–H groups in total. The highest BCUT2D eigenvalue weighted by Gasteiger charge is 2.50. The Balaban J connectivity index is 1.02. The number of rotatable bonds is 6. The van der Waals surface area contributed by atoms with Gasteiger partial charge in [-0.3, -0.25) is 4.57 Å². The van der Waals surface area contributed by atoms with Gasteiger partial charge in [0.05, 0.1) is 22.2 Å². The molecule has 1 atom stereocenters. The second-order valence-electron chi connectivity index (χ2n) is 15.3. The maximum atomic E-state index is 6.69. The molecular formula is C53H34N6O. The topological polar surface area (TPSA) is 78.6 Å². The van der Waals surface area contributed by atoms with E-state index in [9.17, 15) is 0 Å². The number of benzene rings is 7. The van der Waals surface area contributed by atoms with E-state index in [0.29, 0.717) is 24.0 Å². The van der Waals surface area contributed by atoms with Crippen molar-refractivity contribution in [3.63, 3.8) is 0 Å². The van der Waals surface area contributed by atoms with E-state index in [2.05, 4.69) is 120 Å². The summed E-state index contributed by atoms with van der Waals surface area (Å²) in [5.41, 5.74) is 9.27. The Kier molecular flexibility index (Phi) is 7.68. The largest absolute Gasteiger partial charge is 0.460 e. The summed E-state index contributed by atoms with van der Waals surface area (Å²) in [7, 11) is 0. The molecule has 2 aliphatic rings. The third kappa shape index (κ3) is 5.33. The number of allylic oxidation sites excluding steroid dienone is 4. The monoisotopic (exact) mass is 770 g/mol. The van der Waals surface area contributed by atoms with Crippen LogP contribution >= 0.6 is 0 Å². The summed E-state index contributed by atoms with van der Waals surface area (Å²) in [5.74, 6) is 4.19. The Labute approximate surface area is 345 Å². The van der Waals surface area contributed by atoms with Crippen molar-refractivity contribution in [1.29, 1.82) is 0 Å². The quantitative estimate of drug-likeness (QED) is 0.168. The van der Waals surface area contributed by atoms with Gasteiger partial charge in [-0.25, -0.2) is 15.0 Å². The van der Waals surface area contributed by atoms with Crippen LogP contribution in [0.1, 0.15) is 17.8 Å². The van der Waals surface area contributed by atoms with Crippen molar-refractivity contribution in [2.24, 2.45) is 0 Å². The van der Waals surface area contributed by atoms with Crippen molar-refractivity contribution < 1.29 is 4.74 Å². The first-order valence-corrected chi connectivity index (χ1v) is 20.1. The lowest BCUT2D eigenvalue weighted by molar-refractivity contribution is 0.382. The van der Waals surface area contributed by atoms with Crippen molar-refractivity contribution in [3.05, 3.63) is 211 Å². The van der Waals surface area contributed by atoms with Gasteiger partial charge in [0, 0.05) is 38.4 Å². The molecule has 0 spiro atoms. The molecule has 1 aliphatic carbocycles. The molecule has 3 aromatic heterocycles. The van der Waals surface area contributed by atoms with Gasteiger partial charge in [0.1, 0.15) is 22.7 Å². The second kappa shape index (κ2) is 13.5. The van der Waals surface area contributed by atoms with Crippen LogP contribution in [0.15, 0.2) is 200 Å². The number of nitrogens with zero attached hydrogens (tertiary/aromatic N) is 6. The van der Waals surface area contributed by atoms with Gasteiger partial charge in [0.2, 0.25) is 5.95 Å². The van der Waals surface area contributed by atoms with Crippen LogP contribution in [0.25, 0.3) is 83.8 Å². The minimum atomic E-state index is -0.695. The van der Waals surface area contributed by atoms with Gasteiger partial charge < -0.3 is 4.74 Å². The van der Waals surface area contributed by atoms with Crippen molar-refractivity contribution in [3.8, 4) is 56.9 Å². The van der Waals surface area contributed by atoms with Gasteiger partial charge in [-0.05, 0) is 60.0 Å². The predicted molar refractivity (Wildman–Crippen MR) is 239 cm³/mol. The van der Waals surface area contributed by atoms with E-state index in [1.54, 1.807) is 0 Å². The molecule has 0 bridgehead atoms. The van der Waals surface area contributed by atoms with Gasteiger partial charge in [0.25, 0.3) is 0 Å². The van der Waals surface area contributed by atoms with Gasteiger partial charge in [0.15, 0.2) is 11.6 Å². The Hall–Kier alpha value is -8.03. The molecule has 10 aromatic rings. The third-order valence-electron chi connectivity index (χ3n) is 11.8. The summed E-state index contributed by atoms with van der Waals surface area (Å²) >= 11 is 0. The van der Waals surface area contributed by atoms with Crippen LogP contribution < -0.4 is 4.74 Å². The first-order chi connectivity index (χ1) is 29.7. The number of hydrogen-bond acceptors (Lipinski definition) is 6. The zero-order valence-electron chi connectivity index (χ0n) is 32.3. The molecule has 0 radical (unpaired) electrons. The smallest absolute Gasteiger partial charge is 0.238 e. The average molecular weight is 771 g/mol. The lowest BCUT2D eigenvalue weighted by atomic mass is 9.73. The van der Waals surface area contributed by atoms with E-state index < -0.39 is 5.41 Å². The fraction of sp³-hybridized carbons (Fsp3) is 0.0377. The maximum absolute atomic E-state index is 6.69. The maximum Gasteiger partial charge on any atom is 0.238 e. The van der Waals surface area contributed by atoms with E-state index in [-0.39, 0.29) is 0 Å². The van der Waals surface area contributed by atoms with Crippen LogP contribution in [0.5, 0.6) is 5.75 Å². The number of hydrogen-bond donors (Lipinski definition) is 0. The average Bonchev–Trinajstić information content (AvgIpc) is 3.85. The lowest BCUT2D eigenvalue weighted by Crippen LogP contribution is -2.31. The molecule has 7 nitrogen and oxygen atoms in total. The molecule has 7 heteroatoms. The molecule has 0 fully saturated rings. The van der Waals surface area contributed by atoms with Crippen molar-refractivity contribution in [1.82, 2.24) is 29.5 Å². The predicted octanol–water partition coefficient (Wildman–Crippen LogP) is 12.1. The zero-order chi connectivity index (χ0) is 39.6. The Bertz CT molecular complexity index is 3320. The molecule has 60 heavy (non-hydrogen) atoms. The Morgan fingerprint density at radius 2 is 1.10 bits per heavy atom. The van der Waals surface area contributed by atoms with Crippen LogP contribution in [0, 0.1) is 0 Å². The van der Waals surface area contributed by atoms with Crippen LogP contribution in [0.4, 0.5) is 0 Å². The van der Waals surface area contributed by atoms with E-state index in [1.807, 2.05) is 78.9 Å². The number of ether oxygens (including phenoxy) is 1. The van der Waals surface area contributed by atoms with Gasteiger partial charge in [-0.1, -0.05) is 152 Å². The molecule has 1 aliphatic heterocycles. The van der Waals surface area contributed by atoms with Crippen LogP contribution in [-0.4, -0.2) is 29.5 Å². The molecule has 282 valence electrons. The lowest BCUT2D eigenvalue weighted by Gasteiger charge is -2.29. The summed E-state index contributed by atoms with van der Waals surface area (Å²) < 4.78 is 8.85. The molecule has 7 aromatic carbocycles. The summed E-state index contributed by atoms with van der Waals surface area (Å²) in [6.07, 6.45) is 7.01. The van der Waals surface area contributed by atoms with Gasteiger partial charge in [-0.2, -0.15) is 9.97 Å². The minimum absolute atomic E-state index is 0.563. The van der Waals surface area contributed by atoms with E-state index >= 15 is 0 Å². The molecule has 0 amide bonds. The first kappa shape index (κ1) is 34.0.